The van der Waals surface area contributed by atoms with Crippen molar-refractivity contribution < 1.29 is 24.9 Å². The Morgan fingerprint density at radius 2 is 1.29 bits per heavy atom. The van der Waals surface area contributed by atoms with Crippen LogP contribution in [0.15, 0.2) is 40.9 Å². The summed E-state index contributed by atoms with van der Waals surface area (Å²) in [5.41, 5.74) is 0.486. The van der Waals surface area contributed by atoms with Crippen molar-refractivity contribution in [3.8, 4) is 17.2 Å². The summed E-state index contributed by atoms with van der Waals surface area (Å²) in [5, 5.41) is 33.1. The molecule has 0 heterocycles. The van der Waals surface area contributed by atoms with Crippen LogP contribution in [0.3, 0.4) is 0 Å². The minimum atomic E-state index is -0.687. The van der Waals surface area contributed by atoms with E-state index >= 15 is 0 Å². The van der Waals surface area contributed by atoms with Crippen molar-refractivity contribution in [1.29, 1.82) is 0 Å². The molecule has 2 aromatic rings. The van der Waals surface area contributed by atoms with E-state index in [-0.39, 0.29) is 24.6 Å². The van der Waals surface area contributed by atoms with Crippen molar-refractivity contribution in [2.75, 3.05) is 13.1 Å². The molecule has 0 fully saturated rings. The lowest BCUT2D eigenvalue weighted by atomic mass is 10.1. The van der Waals surface area contributed by atoms with Gasteiger partial charge in [0, 0.05) is 28.7 Å². The molecule has 7 nitrogen and oxygen atoms in total. The number of aromatic hydroxyl groups is 3. The van der Waals surface area contributed by atoms with Crippen molar-refractivity contribution in [1.82, 2.24) is 10.6 Å². The molecule has 0 aromatic heterocycles. The van der Waals surface area contributed by atoms with Crippen LogP contribution in [-0.4, -0.2) is 40.2 Å². The Hall–Kier alpha value is -2.74. The van der Waals surface area contributed by atoms with Gasteiger partial charge in [-0.25, -0.2) is 0 Å². The van der Waals surface area contributed by atoms with E-state index in [0.29, 0.717) is 5.56 Å². The number of phenols is 3. The van der Waals surface area contributed by atoms with Crippen LogP contribution in [0.5, 0.6) is 17.2 Å². The average molecular weight is 395 g/mol. The number of benzene rings is 2. The molecule has 0 unspecified atom stereocenters. The lowest BCUT2D eigenvalue weighted by Crippen LogP contribution is -2.34. The molecule has 0 spiro atoms. The molecule has 2 amide bonds. The molecule has 5 N–H and O–H groups in total. The summed E-state index contributed by atoms with van der Waals surface area (Å²) in [5.74, 6) is -2.70. The Balaban J connectivity index is 1.83. The van der Waals surface area contributed by atoms with Gasteiger partial charge in [0.05, 0.1) is 0 Å². The van der Waals surface area contributed by atoms with Gasteiger partial charge in [-0.2, -0.15) is 0 Å². The first-order valence-electron chi connectivity index (χ1n) is 6.95. The molecule has 0 radical (unpaired) electrons. The summed E-state index contributed by atoms with van der Waals surface area (Å²) in [6, 6.07) is 8.90. The van der Waals surface area contributed by atoms with E-state index in [9.17, 15) is 24.9 Å². The number of phenolic OH excluding ortho intramolecular Hbond substituents is 3. The van der Waals surface area contributed by atoms with Crippen LogP contribution >= 0.6 is 15.9 Å². The normalized spacial score (nSPS) is 10.2. The number of amides is 2. The number of carbonyl (C=O) groups is 2. The van der Waals surface area contributed by atoms with Crippen LogP contribution in [0.25, 0.3) is 0 Å². The quantitative estimate of drug-likeness (QED) is 0.390. The van der Waals surface area contributed by atoms with Gasteiger partial charge in [-0.1, -0.05) is 15.9 Å². The van der Waals surface area contributed by atoms with E-state index in [0.717, 1.165) is 16.6 Å². The Labute approximate surface area is 146 Å². The highest BCUT2D eigenvalue weighted by Crippen LogP contribution is 2.35. The second-order valence-corrected chi connectivity index (χ2v) is 5.80. The van der Waals surface area contributed by atoms with Crippen molar-refractivity contribution in [2.45, 2.75) is 0 Å². The molecular formula is C16H15BrN2O5. The molecule has 0 aliphatic rings. The largest absolute Gasteiger partial charge is 0.504 e. The predicted molar refractivity (Wildman–Crippen MR) is 90.2 cm³/mol. The van der Waals surface area contributed by atoms with Crippen molar-refractivity contribution in [2.24, 2.45) is 0 Å². The SMILES string of the molecule is O=C(NCCNC(=O)c1cc(O)c(O)c(O)c1)c1ccc(Br)cc1. The minimum absolute atomic E-state index is 0.0120. The molecule has 0 aliphatic carbocycles. The zero-order valence-corrected chi connectivity index (χ0v) is 14.0. The standard InChI is InChI=1S/C16H15BrN2O5/c17-11-3-1-9(2-4-11)15(23)18-5-6-19-16(24)10-7-12(20)14(22)13(21)8-10/h1-4,7-8,20-22H,5-6H2,(H,18,23)(H,19,24). The molecule has 126 valence electrons. The van der Waals surface area contributed by atoms with E-state index < -0.39 is 23.2 Å². The highest BCUT2D eigenvalue weighted by Gasteiger charge is 2.13. The zero-order chi connectivity index (χ0) is 17.7. The second-order valence-electron chi connectivity index (χ2n) is 4.88. The van der Waals surface area contributed by atoms with Gasteiger partial charge < -0.3 is 26.0 Å². The molecule has 0 bridgehead atoms. The van der Waals surface area contributed by atoms with Gasteiger partial charge in [0.25, 0.3) is 11.8 Å². The third kappa shape index (κ3) is 4.39. The van der Waals surface area contributed by atoms with Gasteiger partial charge in [-0.3, -0.25) is 9.59 Å². The Bertz CT molecular complexity index is 739. The summed E-state index contributed by atoms with van der Waals surface area (Å²) in [7, 11) is 0. The van der Waals surface area contributed by atoms with Gasteiger partial charge in [0.2, 0.25) is 0 Å². The molecule has 24 heavy (non-hydrogen) atoms. The number of hydrogen-bond acceptors (Lipinski definition) is 5. The monoisotopic (exact) mass is 394 g/mol. The molecule has 2 aromatic carbocycles. The lowest BCUT2D eigenvalue weighted by molar-refractivity contribution is 0.0927. The second kappa shape index (κ2) is 7.69. The maximum absolute atomic E-state index is 11.9. The van der Waals surface area contributed by atoms with Gasteiger partial charge in [0.15, 0.2) is 17.2 Å². The summed E-state index contributed by atoms with van der Waals surface area (Å²) in [6.07, 6.45) is 0. The summed E-state index contributed by atoms with van der Waals surface area (Å²) in [4.78, 5) is 23.7. The fourth-order valence-corrected chi connectivity index (χ4v) is 2.16. The molecule has 8 heteroatoms. The van der Waals surface area contributed by atoms with Crippen LogP contribution < -0.4 is 10.6 Å². The van der Waals surface area contributed by atoms with Crippen molar-refractivity contribution in [3.05, 3.63) is 52.0 Å². The predicted octanol–water partition coefficient (Wildman–Crippen LogP) is 1.73. The molecular weight excluding hydrogens is 380 g/mol. The number of carbonyl (C=O) groups excluding carboxylic acids is 2. The Kier molecular flexibility index (Phi) is 5.64. The smallest absolute Gasteiger partial charge is 0.251 e. The van der Waals surface area contributed by atoms with Crippen LogP contribution in [0.1, 0.15) is 20.7 Å². The first-order valence-corrected chi connectivity index (χ1v) is 7.74. The average Bonchev–Trinajstić information content (AvgIpc) is 2.56. The lowest BCUT2D eigenvalue weighted by Gasteiger charge is -2.09. The number of nitrogens with one attached hydrogen (secondary N) is 2. The Morgan fingerprint density at radius 3 is 1.79 bits per heavy atom. The highest BCUT2D eigenvalue weighted by molar-refractivity contribution is 9.10. The van der Waals surface area contributed by atoms with Crippen molar-refractivity contribution in [3.63, 3.8) is 0 Å². The molecule has 0 aliphatic heterocycles. The van der Waals surface area contributed by atoms with Crippen molar-refractivity contribution >= 4 is 27.7 Å². The van der Waals surface area contributed by atoms with E-state index in [1.54, 1.807) is 24.3 Å². The van der Waals surface area contributed by atoms with Gasteiger partial charge >= 0.3 is 0 Å². The number of rotatable bonds is 5. The summed E-state index contributed by atoms with van der Waals surface area (Å²) < 4.78 is 0.867. The number of halogens is 1. The van der Waals surface area contributed by atoms with E-state index in [1.807, 2.05) is 0 Å². The van der Waals surface area contributed by atoms with Gasteiger partial charge in [-0.15, -0.1) is 0 Å². The first kappa shape index (κ1) is 17.6. The third-order valence-corrected chi connectivity index (χ3v) is 3.66. The molecule has 0 saturated carbocycles. The van der Waals surface area contributed by atoms with E-state index in [2.05, 4.69) is 26.6 Å². The number of hydrogen-bond donors (Lipinski definition) is 5. The molecule has 0 saturated heterocycles. The van der Waals surface area contributed by atoms with Gasteiger partial charge in [0.1, 0.15) is 0 Å². The molecule has 2 rings (SSSR count). The maximum atomic E-state index is 11.9. The van der Waals surface area contributed by atoms with Crippen LogP contribution in [0, 0.1) is 0 Å². The maximum Gasteiger partial charge on any atom is 0.251 e. The fraction of sp³-hybridized carbons (Fsp3) is 0.125. The zero-order valence-electron chi connectivity index (χ0n) is 12.4. The van der Waals surface area contributed by atoms with Crippen LogP contribution in [0.2, 0.25) is 0 Å². The van der Waals surface area contributed by atoms with Gasteiger partial charge in [-0.05, 0) is 36.4 Å². The van der Waals surface area contributed by atoms with E-state index in [1.165, 1.54) is 0 Å². The fourth-order valence-electron chi connectivity index (χ4n) is 1.89. The summed E-state index contributed by atoms with van der Waals surface area (Å²) in [6.45, 7) is 0.361. The third-order valence-electron chi connectivity index (χ3n) is 3.13. The first-order chi connectivity index (χ1) is 11.4. The van der Waals surface area contributed by atoms with E-state index in [4.69, 9.17) is 0 Å². The highest BCUT2D eigenvalue weighted by atomic mass is 79.9. The minimum Gasteiger partial charge on any atom is -0.504 e. The van der Waals surface area contributed by atoms with Crippen LogP contribution in [0.4, 0.5) is 0 Å². The molecule has 0 atom stereocenters. The topological polar surface area (TPSA) is 119 Å². The Morgan fingerprint density at radius 1 is 0.833 bits per heavy atom. The summed E-state index contributed by atoms with van der Waals surface area (Å²) >= 11 is 3.28. The van der Waals surface area contributed by atoms with Crippen LogP contribution in [-0.2, 0) is 0 Å².